The van der Waals surface area contributed by atoms with Gasteiger partial charge in [-0.2, -0.15) is 0 Å². The second-order valence-electron chi connectivity index (χ2n) is 6.51. The highest BCUT2D eigenvalue weighted by Gasteiger charge is 2.09. The number of carbonyl (C=O) groups excluding carboxylic acids is 1. The zero-order valence-corrected chi connectivity index (χ0v) is 20.7. The van der Waals surface area contributed by atoms with Crippen molar-refractivity contribution < 1.29 is 4.79 Å². The molecule has 7 nitrogen and oxygen atoms in total. The number of guanidine groups is 1. The average molecular weight is 530 g/mol. The topological polar surface area (TPSA) is 82.5 Å². The number of nitrogens with zero attached hydrogens (tertiary/aromatic N) is 4. The molecule has 0 aliphatic carbocycles. The number of aryl methyl sites for hydroxylation is 2. The van der Waals surface area contributed by atoms with Crippen molar-refractivity contribution in [2.75, 3.05) is 33.2 Å². The molecule has 0 unspecified atom stereocenters. The van der Waals surface area contributed by atoms with Crippen LogP contribution in [0, 0.1) is 13.8 Å². The van der Waals surface area contributed by atoms with Crippen LogP contribution in [0.4, 0.5) is 0 Å². The molecule has 160 valence electrons. The van der Waals surface area contributed by atoms with Gasteiger partial charge in [0.25, 0.3) is 0 Å². The fourth-order valence-electron chi connectivity index (χ4n) is 2.50. The molecule has 0 atom stereocenters. The molecule has 2 heterocycles. The zero-order chi connectivity index (χ0) is 20.4. The molecule has 0 aliphatic heterocycles. The maximum Gasteiger partial charge on any atom is 0.244 e. The van der Waals surface area contributed by atoms with Crippen molar-refractivity contribution in [3.63, 3.8) is 0 Å². The summed E-state index contributed by atoms with van der Waals surface area (Å²) in [6.07, 6.45) is 3.34. The third kappa shape index (κ3) is 9.07. The number of hydrogen-bond acceptors (Lipinski definition) is 5. The van der Waals surface area contributed by atoms with E-state index in [1.54, 1.807) is 29.5 Å². The molecule has 0 saturated heterocycles. The van der Waals surface area contributed by atoms with Crippen molar-refractivity contribution in [1.29, 1.82) is 0 Å². The van der Waals surface area contributed by atoms with Crippen LogP contribution in [0.1, 0.15) is 28.2 Å². The number of rotatable bonds is 9. The third-order valence-corrected chi connectivity index (χ3v) is 5.41. The SMILES string of the molecule is CCNC(=NCC(=O)N(C)CCc1ccccn1)NCCc1nc(C)c(C)s1.I. The Labute approximate surface area is 194 Å². The number of carbonyl (C=O) groups is 1. The second kappa shape index (κ2) is 13.5. The highest BCUT2D eigenvalue weighted by atomic mass is 127. The summed E-state index contributed by atoms with van der Waals surface area (Å²) in [5.74, 6) is 0.637. The molecule has 0 saturated carbocycles. The molecule has 0 spiro atoms. The Kier molecular flexibility index (Phi) is 11.7. The van der Waals surface area contributed by atoms with E-state index >= 15 is 0 Å². The first kappa shape index (κ1) is 25.3. The number of aliphatic imine (C=N–C) groups is 1. The van der Waals surface area contributed by atoms with E-state index in [2.05, 4.69) is 32.5 Å². The van der Waals surface area contributed by atoms with Crippen LogP contribution in [0.2, 0.25) is 0 Å². The van der Waals surface area contributed by atoms with Crippen LogP contribution in [0.3, 0.4) is 0 Å². The molecule has 2 aromatic rings. The summed E-state index contributed by atoms with van der Waals surface area (Å²) < 4.78 is 0. The van der Waals surface area contributed by atoms with E-state index in [0.717, 1.165) is 42.3 Å². The second-order valence-corrected chi connectivity index (χ2v) is 7.80. The lowest BCUT2D eigenvalue weighted by Gasteiger charge is -2.16. The molecule has 2 rings (SSSR count). The van der Waals surface area contributed by atoms with Crippen molar-refractivity contribution in [3.8, 4) is 0 Å². The van der Waals surface area contributed by atoms with E-state index in [-0.39, 0.29) is 36.4 Å². The number of pyridine rings is 1. The van der Waals surface area contributed by atoms with E-state index in [1.165, 1.54) is 4.88 Å². The van der Waals surface area contributed by atoms with Crippen LogP contribution in [0.25, 0.3) is 0 Å². The molecular weight excluding hydrogens is 499 g/mol. The Bertz CT molecular complexity index is 761. The predicted molar refractivity (Wildman–Crippen MR) is 130 cm³/mol. The molecule has 0 fully saturated rings. The van der Waals surface area contributed by atoms with Crippen LogP contribution < -0.4 is 10.6 Å². The van der Waals surface area contributed by atoms with Gasteiger partial charge >= 0.3 is 0 Å². The number of hydrogen-bond donors (Lipinski definition) is 2. The van der Waals surface area contributed by atoms with E-state index in [0.29, 0.717) is 12.5 Å². The molecule has 29 heavy (non-hydrogen) atoms. The van der Waals surface area contributed by atoms with Gasteiger partial charge in [0.1, 0.15) is 6.54 Å². The minimum atomic E-state index is -0.0145. The lowest BCUT2D eigenvalue weighted by atomic mass is 10.2. The third-order valence-electron chi connectivity index (χ3n) is 4.28. The Morgan fingerprint density at radius 2 is 2.03 bits per heavy atom. The minimum Gasteiger partial charge on any atom is -0.357 e. The lowest BCUT2D eigenvalue weighted by Crippen LogP contribution is -2.39. The molecular formula is C20H31IN6OS. The van der Waals surface area contributed by atoms with Crippen LogP contribution >= 0.6 is 35.3 Å². The van der Waals surface area contributed by atoms with Crippen molar-refractivity contribution in [2.45, 2.75) is 33.6 Å². The van der Waals surface area contributed by atoms with Gasteiger partial charge in [0.2, 0.25) is 5.91 Å². The van der Waals surface area contributed by atoms with E-state index < -0.39 is 0 Å². The molecule has 0 aliphatic rings. The number of thiazole rings is 1. The maximum absolute atomic E-state index is 12.3. The number of likely N-dealkylation sites (N-methyl/N-ethyl adjacent to an activating group) is 1. The van der Waals surface area contributed by atoms with E-state index in [9.17, 15) is 4.79 Å². The van der Waals surface area contributed by atoms with Gasteiger partial charge in [0, 0.05) is 56.3 Å². The number of halogens is 1. The Morgan fingerprint density at radius 3 is 2.66 bits per heavy atom. The lowest BCUT2D eigenvalue weighted by molar-refractivity contribution is -0.128. The van der Waals surface area contributed by atoms with Crippen LogP contribution in [-0.2, 0) is 17.6 Å². The van der Waals surface area contributed by atoms with Gasteiger partial charge in [-0.15, -0.1) is 35.3 Å². The summed E-state index contributed by atoms with van der Waals surface area (Å²) in [6, 6.07) is 5.81. The molecule has 9 heteroatoms. The smallest absolute Gasteiger partial charge is 0.244 e. The first-order chi connectivity index (χ1) is 13.5. The van der Waals surface area contributed by atoms with Gasteiger partial charge in [-0.3, -0.25) is 9.78 Å². The number of nitrogens with one attached hydrogen (secondary N) is 2. The summed E-state index contributed by atoms with van der Waals surface area (Å²) in [6.45, 7) is 8.33. The van der Waals surface area contributed by atoms with Gasteiger partial charge in [-0.25, -0.2) is 9.98 Å². The maximum atomic E-state index is 12.3. The summed E-state index contributed by atoms with van der Waals surface area (Å²) in [7, 11) is 1.80. The van der Waals surface area contributed by atoms with Gasteiger partial charge in [0.15, 0.2) is 5.96 Å². The molecule has 0 aromatic carbocycles. The molecule has 0 radical (unpaired) electrons. The number of amides is 1. The van der Waals surface area contributed by atoms with Gasteiger partial charge in [0.05, 0.1) is 10.7 Å². The van der Waals surface area contributed by atoms with Crippen molar-refractivity contribution in [3.05, 3.63) is 45.7 Å². The Hall–Kier alpha value is -1.75. The van der Waals surface area contributed by atoms with E-state index in [4.69, 9.17) is 0 Å². The molecule has 1 amide bonds. The first-order valence-corrected chi connectivity index (χ1v) is 10.4. The molecule has 0 bridgehead atoms. The summed E-state index contributed by atoms with van der Waals surface area (Å²) in [5.41, 5.74) is 2.08. The van der Waals surface area contributed by atoms with Gasteiger partial charge in [-0.1, -0.05) is 6.07 Å². The van der Waals surface area contributed by atoms with Crippen LogP contribution in [0.15, 0.2) is 29.4 Å². The fraction of sp³-hybridized carbons (Fsp3) is 0.500. The van der Waals surface area contributed by atoms with Crippen LogP contribution in [-0.4, -0.2) is 60.0 Å². The van der Waals surface area contributed by atoms with Crippen molar-refractivity contribution in [2.24, 2.45) is 4.99 Å². The zero-order valence-electron chi connectivity index (χ0n) is 17.6. The summed E-state index contributed by atoms with van der Waals surface area (Å²) in [4.78, 5) is 28.5. The predicted octanol–water partition coefficient (Wildman–Crippen LogP) is 2.57. The summed E-state index contributed by atoms with van der Waals surface area (Å²) in [5, 5.41) is 7.57. The monoisotopic (exact) mass is 530 g/mol. The highest BCUT2D eigenvalue weighted by molar-refractivity contribution is 14.0. The molecule has 2 aromatic heterocycles. The van der Waals surface area contributed by atoms with Crippen LogP contribution in [0.5, 0.6) is 0 Å². The minimum absolute atomic E-state index is 0. The quantitative estimate of drug-likeness (QED) is 0.296. The van der Waals surface area contributed by atoms with Crippen molar-refractivity contribution >= 4 is 47.2 Å². The first-order valence-electron chi connectivity index (χ1n) is 9.58. The standard InChI is InChI=1S/C20H30N6OS.HI/c1-5-21-20(23-12-9-18-25-15(2)16(3)28-18)24-14-19(27)26(4)13-10-17-8-6-7-11-22-17;/h6-8,11H,5,9-10,12-14H2,1-4H3,(H2,21,23,24);1H. The average Bonchev–Trinajstić information content (AvgIpc) is 3.02. The summed E-state index contributed by atoms with van der Waals surface area (Å²) >= 11 is 1.73. The molecule has 2 N–H and O–H groups in total. The van der Waals surface area contributed by atoms with Gasteiger partial charge in [-0.05, 0) is 32.9 Å². The van der Waals surface area contributed by atoms with E-state index in [1.807, 2.05) is 32.0 Å². The number of aromatic nitrogens is 2. The normalized spacial score (nSPS) is 11.0. The Morgan fingerprint density at radius 1 is 1.24 bits per heavy atom. The largest absolute Gasteiger partial charge is 0.357 e. The highest BCUT2D eigenvalue weighted by Crippen LogP contribution is 2.16. The fourth-order valence-corrected chi connectivity index (χ4v) is 3.43. The van der Waals surface area contributed by atoms with Crippen molar-refractivity contribution in [1.82, 2.24) is 25.5 Å². The van der Waals surface area contributed by atoms with Gasteiger partial charge < -0.3 is 15.5 Å². The Balaban J connectivity index is 0.00000420.